The van der Waals surface area contributed by atoms with Gasteiger partial charge in [-0.15, -0.1) is 0 Å². The summed E-state index contributed by atoms with van der Waals surface area (Å²) in [5, 5.41) is 10.2. The molecule has 0 saturated heterocycles. The summed E-state index contributed by atoms with van der Waals surface area (Å²) in [4.78, 5) is 0. The molecule has 1 heteroatoms. The Labute approximate surface area is 162 Å². The van der Waals surface area contributed by atoms with Gasteiger partial charge in [-0.1, -0.05) is 45.3 Å². The smallest absolute Gasteiger partial charge is 0.0543 e. The first-order chi connectivity index (χ1) is 12.5. The summed E-state index contributed by atoms with van der Waals surface area (Å²) in [5.41, 5.74) is 2.88. The molecule has 4 aliphatic carbocycles. The van der Waals surface area contributed by atoms with E-state index < -0.39 is 0 Å². The maximum atomic E-state index is 10.2. The average Bonchev–Trinajstić information content (AvgIpc) is 2.96. The number of aliphatic hydroxyl groups is 1. The van der Waals surface area contributed by atoms with Gasteiger partial charge in [0.05, 0.1) is 6.10 Å². The van der Waals surface area contributed by atoms with E-state index in [9.17, 15) is 5.11 Å². The summed E-state index contributed by atoms with van der Waals surface area (Å²) < 4.78 is 0. The molecule has 26 heavy (non-hydrogen) atoms. The highest BCUT2D eigenvalue weighted by Crippen LogP contribution is 2.67. The van der Waals surface area contributed by atoms with Crippen molar-refractivity contribution in [1.82, 2.24) is 0 Å². The van der Waals surface area contributed by atoms with Gasteiger partial charge in [0.1, 0.15) is 0 Å². The topological polar surface area (TPSA) is 20.2 Å². The number of hydrogen-bond acceptors (Lipinski definition) is 1. The molecule has 4 saturated carbocycles. The van der Waals surface area contributed by atoms with Gasteiger partial charge < -0.3 is 5.11 Å². The standard InChI is InChI=1S/C25H42O/c1-4-5-6-7-8-18-10-12-22-21-11-9-19-17-20(26)13-15-25(19,3)23(21)14-16-24(18,22)2/h8,19-23,26H,4-7,9-17H2,1-3H3/t19?,20-,21+,22+,23+,24-,25+/m1/s1. The largest absolute Gasteiger partial charge is 0.393 e. The lowest BCUT2D eigenvalue weighted by Gasteiger charge is -2.60. The summed E-state index contributed by atoms with van der Waals surface area (Å²) in [6.07, 6.45) is 20.1. The van der Waals surface area contributed by atoms with Gasteiger partial charge in [0.15, 0.2) is 0 Å². The molecule has 0 aliphatic heterocycles. The first-order valence-corrected chi connectivity index (χ1v) is 11.9. The Balaban J connectivity index is 1.51. The SMILES string of the molecule is CCCCCC=C1CC[C@H]2[C@@H]3CCC4C[C@H](O)CC[C@]4(C)[C@H]3CC[C@]12C. The van der Waals surface area contributed by atoms with Crippen LogP contribution in [0.1, 0.15) is 104 Å². The van der Waals surface area contributed by atoms with Crippen LogP contribution in [0.25, 0.3) is 0 Å². The van der Waals surface area contributed by atoms with Crippen LogP contribution in [-0.2, 0) is 0 Å². The van der Waals surface area contributed by atoms with E-state index in [0.29, 0.717) is 10.8 Å². The molecule has 0 aromatic carbocycles. The summed E-state index contributed by atoms with van der Waals surface area (Å²) >= 11 is 0. The quantitative estimate of drug-likeness (QED) is 0.428. The highest BCUT2D eigenvalue weighted by molar-refractivity contribution is 5.24. The van der Waals surface area contributed by atoms with Crippen LogP contribution in [0.5, 0.6) is 0 Å². The molecule has 1 N–H and O–H groups in total. The molecule has 4 fully saturated rings. The third kappa shape index (κ3) is 3.01. The molecule has 0 aromatic rings. The van der Waals surface area contributed by atoms with Gasteiger partial charge in [0.2, 0.25) is 0 Å². The first-order valence-electron chi connectivity index (χ1n) is 11.9. The van der Waals surface area contributed by atoms with Crippen molar-refractivity contribution in [3.05, 3.63) is 11.6 Å². The van der Waals surface area contributed by atoms with E-state index in [1.165, 1.54) is 70.6 Å². The molecule has 0 aromatic heterocycles. The Morgan fingerprint density at radius 3 is 2.65 bits per heavy atom. The molecule has 1 nitrogen and oxygen atoms in total. The third-order valence-electron chi connectivity index (χ3n) is 9.68. The van der Waals surface area contributed by atoms with Crippen LogP contribution in [-0.4, -0.2) is 11.2 Å². The van der Waals surface area contributed by atoms with Crippen molar-refractivity contribution in [2.75, 3.05) is 0 Å². The summed E-state index contributed by atoms with van der Waals surface area (Å²) in [7, 11) is 0. The lowest BCUT2D eigenvalue weighted by Crippen LogP contribution is -2.53. The van der Waals surface area contributed by atoms with E-state index in [1.54, 1.807) is 0 Å². The Morgan fingerprint density at radius 2 is 1.85 bits per heavy atom. The maximum absolute atomic E-state index is 10.2. The van der Waals surface area contributed by atoms with Gasteiger partial charge in [0, 0.05) is 0 Å². The van der Waals surface area contributed by atoms with Crippen molar-refractivity contribution < 1.29 is 5.11 Å². The lowest BCUT2D eigenvalue weighted by molar-refractivity contribution is -0.116. The monoisotopic (exact) mass is 358 g/mol. The Morgan fingerprint density at radius 1 is 1.00 bits per heavy atom. The molecule has 0 amide bonds. The van der Waals surface area contributed by atoms with Crippen molar-refractivity contribution in [2.24, 2.45) is 34.5 Å². The normalized spacial score (nSPS) is 49.5. The van der Waals surface area contributed by atoms with E-state index in [-0.39, 0.29) is 6.10 Å². The summed E-state index contributed by atoms with van der Waals surface area (Å²) in [5.74, 6) is 3.64. The molecule has 4 aliphatic rings. The van der Waals surface area contributed by atoms with E-state index in [0.717, 1.165) is 36.5 Å². The molecule has 0 spiro atoms. The fourth-order valence-corrected chi connectivity index (χ4v) is 8.09. The predicted octanol–water partition coefficient (Wildman–Crippen LogP) is 6.90. The van der Waals surface area contributed by atoms with Gasteiger partial charge in [-0.05, 0) is 105 Å². The van der Waals surface area contributed by atoms with Crippen molar-refractivity contribution in [3.63, 3.8) is 0 Å². The van der Waals surface area contributed by atoms with Crippen molar-refractivity contribution in [2.45, 2.75) is 110 Å². The number of allylic oxidation sites excluding steroid dienone is 2. The minimum absolute atomic E-state index is 0.0115. The highest BCUT2D eigenvalue weighted by Gasteiger charge is 2.58. The molecule has 0 heterocycles. The van der Waals surface area contributed by atoms with Crippen LogP contribution in [0.15, 0.2) is 11.6 Å². The van der Waals surface area contributed by atoms with Gasteiger partial charge in [0.25, 0.3) is 0 Å². The Bertz CT molecular complexity index is 536. The third-order valence-corrected chi connectivity index (χ3v) is 9.68. The summed E-state index contributed by atoms with van der Waals surface area (Å²) in [6, 6.07) is 0. The molecule has 0 radical (unpaired) electrons. The first kappa shape index (κ1) is 19.0. The second-order valence-corrected chi connectivity index (χ2v) is 10.8. The molecular weight excluding hydrogens is 316 g/mol. The zero-order valence-electron chi connectivity index (χ0n) is 17.6. The van der Waals surface area contributed by atoms with Crippen LogP contribution < -0.4 is 0 Å². The molecular formula is C25H42O. The fourth-order valence-electron chi connectivity index (χ4n) is 8.09. The Kier molecular flexibility index (Phi) is 5.32. The van der Waals surface area contributed by atoms with Crippen molar-refractivity contribution in [3.8, 4) is 0 Å². The zero-order valence-corrected chi connectivity index (χ0v) is 17.6. The van der Waals surface area contributed by atoms with Gasteiger partial charge in [-0.3, -0.25) is 0 Å². The molecule has 1 unspecified atom stereocenters. The number of rotatable bonds is 4. The van der Waals surface area contributed by atoms with E-state index in [1.807, 2.05) is 5.57 Å². The fraction of sp³-hybridized carbons (Fsp3) is 0.920. The van der Waals surface area contributed by atoms with Crippen LogP contribution in [0.2, 0.25) is 0 Å². The maximum Gasteiger partial charge on any atom is 0.0543 e. The van der Waals surface area contributed by atoms with Crippen LogP contribution >= 0.6 is 0 Å². The summed E-state index contributed by atoms with van der Waals surface area (Å²) in [6.45, 7) is 7.55. The molecule has 7 atom stereocenters. The van der Waals surface area contributed by atoms with Crippen molar-refractivity contribution >= 4 is 0 Å². The Hall–Kier alpha value is -0.300. The molecule has 148 valence electrons. The van der Waals surface area contributed by atoms with Gasteiger partial charge in [-0.25, -0.2) is 0 Å². The van der Waals surface area contributed by atoms with Crippen LogP contribution in [0, 0.1) is 34.5 Å². The lowest BCUT2D eigenvalue weighted by atomic mass is 9.45. The van der Waals surface area contributed by atoms with E-state index in [4.69, 9.17) is 0 Å². The molecule has 0 bridgehead atoms. The van der Waals surface area contributed by atoms with Gasteiger partial charge >= 0.3 is 0 Å². The van der Waals surface area contributed by atoms with Crippen LogP contribution in [0.3, 0.4) is 0 Å². The predicted molar refractivity (Wildman–Crippen MR) is 110 cm³/mol. The van der Waals surface area contributed by atoms with E-state index in [2.05, 4.69) is 26.8 Å². The number of aliphatic hydroxyl groups excluding tert-OH is 1. The van der Waals surface area contributed by atoms with Crippen LogP contribution in [0.4, 0.5) is 0 Å². The second kappa shape index (κ2) is 7.26. The zero-order chi connectivity index (χ0) is 18.4. The minimum atomic E-state index is -0.0115. The molecule has 4 rings (SSSR count). The van der Waals surface area contributed by atoms with Crippen molar-refractivity contribution in [1.29, 1.82) is 0 Å². The number of unbranched alkanes of at least 4 members (excludes halogenated alkanes) is 3. The second-order valence-electron chi connectivity index (χ2n) is 10.8. The minimum Gasteiger partial charge on any atom is -0.393 e. The van der Waals surface area contributed by atoms with E-state index >= 15 is 0 Å². The average molecular weight is 359 g/mol. The number of hydrogen-bond donors (Lipinski definition) is 1. The number of fused-ring (bicyclic) bond motifs is 5. The van der Waals surface area contributed by atoms with Gasteiger partial charge in [-0.2, -0.15) is 0 Å². The highest BCUT2D eigenvalue weighted by atomic mass is 16.3.